The molecule has 18 heavy (non-hydrogen) atoms. The molecule has 0 unspecified atom stereocenters. The molecule has 0 fully saturated rings. The highest BCUT2D eigenvalue weighted by molar-refractivity contribution is 5.83. The topological polar surface area (TPSA) is 72.6 Å². The van der Waals surface area contributed by atoms with Crippen LogP contribution < -0.4 is 4.74 Å². The van der Waals surface area contributed by atoms with Crippen molar-refractivity contribution in [3.05, 3.63) is 47.7 Å². The maximum absolute atomic E-state index is 10.6. The molecule has 1 aromatic heterocycles. The zero-order valence-corrected chi connectivity index (χ0v) is 9.92. The van der Waals surface area contributed by atoms with Gasteiger partial charge in [0.25, 0.3) is 0 Å². The van der Waals surface area contributed by atoms with E-state index in [2.05, 4.69) is 4.98 Å². The second kappa shape index (κ2) is 5.35. The van der Waals surface area contributed by atoms with Crippen molar-refractivity contribution >= 4 is 5.97 Å². The Morgan fingerprint density at radius 1 is 1.39 bits per heavy atom. The minimum atomic E-state index is -1.11. The molecule has 1 aromatic carbocycles. The molecule has 0 aliphatic carbocycles. The molecule has 0 spiro atoms. The lowest BCUT2D eigenvalue weighted by Gasteiger charge is -2.03. The van der Waals surface area contributed by atoms with Gasteiger partial charge in [-0.25, -0.2) is 9.78 Å². The third-order valence-corrected chi connectivity index (χ3v) is 2.35. The van der Waals surface area contributed by atoms with E-state index >= 15 is 0 Å². The summed E-state index contributed by atoms with van der Waals surface area (Å²) in [5.41, 5.74) is 0.984. The van der Waals surface area contributed by atoms with Crippen LogP contribution in [-0.2, 0) is 6.42 Å². The highest BCUT2D eigenvalue weighted by atomic mass is 16.5. The molecule has 5 nitrogen and oxygen atoms in total. The first-order valence-electron chi connectivity index (χ1n) is 5.58. The molecule has 0 saturated carbocycles. The minimum Gasteiger partial charge on any atom is -0.494 e. The van der Waals surface area contributed by atoms with Gasteiger partial charge in [-0.05, 0) is 24.6 Å². The number of carbonyl (C=O) groups is 1. The quantitative estimate of drug-likeness (QED) is 0.878. The third-order valence-electron chi connectivity index (χ3n) is 2.35. The van der Waals surface area contributed by atoms with Gasteiger partial charge < -0.3 is 14.3 Å². The van der Waals surface area contributed by atoms with Gasteiger partial charge in [0.05, 0.1) is 12.8 Å². The van der Waals surface area contributed by atoms with Crippen molar-refractivity contribution in [2.75, 3.05) is 6.61 Å². The molecule has 0 saturated heterocycles. The molecule has 0 atom stereocenters. The van der Waals surface area contributed by atoms with Crippen LogP contribution in [0.1, 0.15) is 28.9 Å². The Hall–Kier alpha value is -2.30. The zero-order valence-electron chi connectivity index (χ0n) is 9.92. The van der Waals surface area contributed by atoms with Gasteiger partial charge in [0, 0.05) is 6.42 Å². The second-order valence-corrected chi connectivity index (χ2v) is 3.68. The van der Waals surface area contributed by atoms with Crippen molar-refractivity contribution in [3.8, 4) is 5.75 Å². The predicted octanol–water partition coefficient (Wildman–Crippen LogP) is 2.36. The smallest absolute Gasteiger partial charge is 0.373 e. The Morgan fingerprint density at radius 2 is 2.11 bits per heavy atom. The van der Waals surface area contributed by atoms with E-state index in [0.29, 0.717) is 18.9 Å². The van der Waals surface area contributed by atoms with E-state index in [4.69, 9.17) is 14.3 Å². The number of carboxylic acid groups (broad SMARTS) is 1. The van der Waals surface area contributed by atoms with Gasteiger partial charge in [-0.1, -0.05) is 12.1 Å². The summed E-state index contributed by atoms with van der Waals surface area (Å²) in [6.07, 6.45) is 1.67. The van der Waals surface area contributed by atoms with Crippen LogP contribution in [0, 0.1) is 0 Å². The Labute approximate surface area is 104 Å². The molecular weight excluding hydrogens is 234 g/mol. The van der Waals surface area contributed by atoms with Crippen LogP contribution in [0.3, 0.4) is 0 Å². The Kier molecular flexibility index (Phi) is 3.62. The first-order chi connectivity index (χ1) is 8.69. The SMILES string of the molecule is CCOc1ccc(Cc2ncc(C(=O)O)o2)cc1. The molecule has 2 rings (SSSR count). The zero-order chi connectivity index (χ0) is 13.0. The predicted molar refractivity (Wildman–Crippen MR) is 63.9 cm³/mol. The van der Waals surface area contributed by atoms with E-state index < -0.39 is 5.97 Å². The molecule has 1 heterocycles. The number of ether oxygens (including phenoxy) is 1. The van der Waals surface area contributed by atoms with Crippen molar-refractivity contribution in [1.82, 2.24) is 4.98 Å². The number of aromatic carboxylic acids is 1. The standard InChI is InChI=1S/C13H13NO4/c1-2-17-10-5-3-9(4-6-10)7-12-14-8-11(18-12)13(15)16/h3-6,8H,2,7H2,1H3,(H,15,16). The number of oxazole rings is 1. The van der Waals surface area contributed by atoms with Crippen LogP contribution in [0.25, 0.3) is 0 Å². The van der Waals surface area contributed by atoms with Gasteiger partial charge in [-0.15, -0.1) is 0 Å². The van der Waals surface area contributed by atoms with Gasteiger partial charge >= 0.3 is 5.97 Å². The summed E-state index contributed by atoms with van der Waals surface area (Å²) in [6, 6.07) is 7.52. The first-order valence-corrected chi connectivity index (χ1v) is 5.58. The van der Waals surface area contributed by atoms with Gasteiger partial charge in [-0.2, -0.15) is 0 Å². The number of aromatic nitrogens is 1. The van der Waals surface area contributed by atoms with Gasteiger partial charge in [0.15, 0.2) is 5.89 Å². The lowest BCUT2D eigenvalue weighted by atomic mass is 10.1. The Morgan fingerprint density at radius 3 is 2.67 bits per heavy atom. The summed E-state index contributed by atoms with van der Waals surface area (Å²) in [7, 11) is 0. The number of hydrogen-bond acceptors (Lipinski definition) is 4. The molecular formula is C13H13NO4. The second-order valence-electron chi connectivity index (χ2n) is 3.68. The van der Waals surface area contributed by atoms with E-state index in [1.165, 1.54) is 6.20 Å². The van der Waals surface area contributed by atoms with Crippen LogP contribution >= 0.6 is 0 Å². The van der Waals surface area contributed by atoms with E-state index in [1.54, 1.807) is 0 Å². The first kappa shape index (κ1) is 12.2. The fourth-order valence-corrected chi connectivity index (χ4v) is 1.54. The van der Waals surface area contributed by atoms with Gasteiger partial charge in [0.1, 0.15) is 5.75 Å². The maximum Gasteiger partial charge on any atom is 0.373 e. The average Bonchev–Trinajstić information content (AvgIpc) is 2.81. The minimum absolute atomic E-state index is 0.143. The molecule has 5 heteroatoms. The summed E-state index contributed by atoms with van der Waals surface area (Å²) in [5.74, 6) is -0.0622. The number of rotatable bonds is 5. The van der Waals surface area contributed by atoms with Crippen molar-refractivity contribution in [3.63, 3.8) is 0 Å². The van der Waals surface area contributed by atoms with E-state index in [-0.39, 0.29) is 5.76 Å². The molecule has 0 radical (unpaired) electrons. The summed E-state index contributed by atoms with van der Waals surface area (Å²) in [5, 5.41) is 8.71. The van der Waals surface area contributed by atoms with Crippen molar-refractivity contribution in [2.45, 2.75) is 13.3 Å². The Balaban J connectivity index is 2.06. The molecule has 0 aliphatic heterocycles. The average molecular weight is 247 g/mol. The van der Waals surface area contributed by atoms with Gasteiger partial charge in [-0.3, -0.25) is 0 Å². The lowest BCUT2D eigenvalue weighted by molar-refractivity contribution is 0.0660. The fourth-order valence-electron chi connectivity index (χ4n) is 1.54. The van der Waals surface area contributed by atoms with Gasteiger partial charge in [0.2, 0.25) is 5.76 Å². The number of carboxylic acids is 1. The van der Waals surface area contributed by atoms with Crippen molar-refractivity contribution in [2.24, 2.45) is 0 Å². The maximum atomic E-state index is 10.6. The lowest BCUT2D eigenvalue weighted by Crippen LogP contribution is -1.93. The van der Waals surface area contributed by atoms with Crippen LogP contribution in [-0.4, -0.2) is 22.7 Å². The molecule has 0 bridgehead atoms. The normalized spacial score (nSPS) is 10.3. The summed E-state index contributed by atoms with van der Waals surface area (Å²) in [4.78, 5) is 14.5. The summed E-state index contributed by atoms with van der Waals surface area (Å²) in [6.45, 7) is 2.55. The molecule has 0 amide bonds. The van der Waals surface area contributed by atoms with E-state index in [0.717, 1.165) is 11.3 Å². The fraction of sp³-hybridized carbons (Fsp3) is 0.231. The van der Waals surface area contributed by atoms with Crippen molar-refractivity contribution in [1.29, 1.82) is 0 Å². The van der Waals surface area contributed by atoms with Crippen LogP contribution in [0.15, 0.2) is 34.9 Å². The Bertz CT molecular complexity index is 530. The third kappa shape index (κ3) is 2.88. The molecule has 2 aromatic rings. The summed E-state index contributed by atoms with van der Waals surface area (Å²) < 4.78 is 10.4. The highest BCUT2D eigenvalue weighted by Gasteiger charge is 2.10. The number of benzene rings is 1. The number of hydrogen-bond donors (Lipinski definition) is 1. The van der Waals surface area contributed by atoms with Crippen molar-refractivity contribution < 1.29 is 19.1 Å². The molecule has 94 valence electrons. The van der Waals surface area contributed by atoms with E-state index in [9.17, 15) is 4.79 Å². The monoisotopic (exact) mass is 247 g/mol. The van der Waals surface area contributed by atoms with Crippen LogP contribution in [0.2, 0.25) is 0 Å². The molecule has 0 aliphatic rings. The highest BCUT2D eigenvalue weighted by Crippen LogP contribution is 2.15. The summed E-state index contributed by atoms with van der Waals surface area (Å²) >= 11 is 0. The van der Waals surface area contributed by atoms with Crippen LogP contribution in [0.4, 0.5) is 0 Å². The van der Waals surface area contributed by atoms with E-state index in [1.807, 2.05) is 31.2 Å². The largest absolute Gasteiger partial charge is 0.494 e. The number of nitrogens with zero attached hydrogens (tertiary/aromatic N) is 1. The van der Waals surface area contributed by atoms with Crippen LogP contribution in [0.5, 0.6) is 5.75 Å². The molecule has 1 N–H and O–H groups in total.